The average Bonchev–Trinajstić information content (AvgIpc) is 2.58. The van der Waals surface area contributed by atoms with E-state index in [1.165, 1.54) is 30.6 Å². The van der Waals surface area contributed by atoms with Gasteiger partial charge in [-0.05, 0) is 46.3 Å². The number of hydrogen-bond acceptors (Lipinski definition) is 4. The molecule has 0 saturated heterocycles. The third-order valence-electron chi connectivity index (χ3n) is 3.03. The monoisotopic (exact) mass is 413 g/mol. The number of rotatable bonds is 3. The van der Waals surface area contributed by atoms with Crippen LogP contribution in [0.25, 0.3) is 11.4 Å². The molecule has 0 atom stereocenters. The van der Waals surface area contributed by atoms with Gasteiger partial charge in [-0.2, -0.15) is 18.2 Å². The Morgan fingerprint density at radius 3 is 2.48 bits per heavy atom. The molecule has 4 nitrogen and oxygen atoms in total. The molecule has 9 heteroatoms. The first-order chi connectivity index (χ1) is 11.8. The van der Waals surface area contributed by atoms with Gasteiger partial charge in [0, 0.05) is 24.0 Å². The van der Waals surface area contributed by atoms with E-state index in [-0.39, 0.29) is 21.9 Å². The summed E-state index contributed by atoms with van der Waals surface area (Å²) in [6, 6.07) is 7.44. The van der Waals surface area contributed by atoms with Crippen molar-refractivity contribution < 1.29 is 22.3 Å². The lowest BCUT2D eigenvalue weighted by atomic mass is 10.2. The second kappa shape index (κ2) is 6.75. The number of alkyl halides is 3. The van der Waals surface area contributed by atoms with Gasteiger partial charge in [0.25, 0.3) is 0 Å². The molecule has 0 N–H and O–H groups in total. The van der Waals surface area contributed by atoms with Crippen LogP contribution in [-0.2, 0) is 6.18 Å². The average molecular weight is 414 g/mol. The Balaban J connectivity index is 2.04. The first-order valence-corrected chi connectivity index (χ1v) is 7.62. The van der Waals surface area contributed by atoms with E-state index >= 15 is 0 Å². The summed E-state index contributed by atoms with van der Waals surface area (Å²) < 4.78 is 58.0. The maximum atomic E-state index is 13.3. The van der Waals surface area contributed by atoms with Gasteiger partial charge in [-0.15, -0.1) is 0 Å². The van der Waals surface area contributed by atoms with Crippen LogP contribution in [0.1, 0.15) is 5.69 Å². The highest BCUT2D eigenvalue weighted by Crippen LogP contribution is 2.33. The predicted octanol–water partition coefficient (Wildman–Crippen LogP) is 5.25. The molecule has 2 heterocycles. The Bertz CT molecular complexity index is 904. The van der Waals surface area contributed by atoms with E-state index in [9.17, 15) is 17.6 Å². The molecular weight excluding hydrogens is 406 g/mol. The number of hydrogen-bond donors (Lipinski definition) is 0. The largest absolute Gasteiger partial charge is 0.439 e. The fourth-order valence-corrected chi connectivity index (χ4v) is 2.27. The Morgan fingerprint density at radius 1 is 1.04 bits per heavy atom. The molecule has 0 bridgehead atoms. The standard InChI is InChI=1S/C16H8BrF4N3O/c17-11-6-10(3-4-12(11)18)25-14-7-13(16(19,20)21)23-15(24-14)9-2-1-5-22-8-9/h1-8H. The summed E-state index contributed by atoms with van der Waals surface area (Å²) in [4.78, 5) is 11.3. The van der Waals surface area contributed by atoms with Crippen molar-refractivity contribution in [1.82, 2.24) is 15.0 Å². The fraction of sp³-hybridized carbons (Fsp3) is 0.0625. The highest BCUT2D eigenvalue weighted by Gasteiger charge is 2.34. The molecule has 0 aliphatic heterocycles. The van der Waals surface area contributed by atoms with Crippen LogP contribution in [0.15, 0.2) is 53.3 Å². The normalized spacial score (nSPS) is 11.4. The maximum Gasteiger partial charge on any atom is 0.433 e. The maximum absolute atomic E-state index is 13.3. The molecule has 0 unspecified atom stereocenters. The molecule has 128 valence electrons. The van der Waals surface area contributed by atoms with Crippen molar-refractivity contribution in [3.63, 3.8) is 0 Å². The summed E-state index contributed by atoms with van der Waals surface area (Å²) in [7, 11) is 0. The zero-order valence-electron chi connectivity index (χ0n) is 12.3. The lowest BCUT2D eigenvalue weighted by Crippen LogP contribution is -2.10. The second-order valence-corrected chi connectivity index (χ2v) is 5.69. The zero-order chi connectivity index (χ0) is 18.0. The molecule has 0 fully saturated rings. The number of benzene rings is 1. The van der Waals surface area contributed by atoms with Gasteiger partial charge in [0.1, 0.15) is 11.6 Å². The molecule has 25 heavy (non-hydrogen) atoms. The summed E-state index contributed by atoms with van der Waals surface area (Å²) in [5.74, 6) is -0.905. The molecule has 3 aromatic rings. The molecule has 2 aromatic heterocycles. The Hall–Kier alpha value is -2.55. The van der Waals surface area contributed by atoms with Crippen LogP contribution in [0.2, 0.25) is 0 Å². The number of aromatic nitrogens is 3. The van der Waals surface area contributed by atoms with Crippen molar-refractivity contribution in [3.8, 4) is 23.0 Å². The molecule has 0 spiro atoms. The van der Waals surface area contributed by atoms with Gasteiger partial charge in [0.2, 0.25) is 5.88 Å². The molecule has 3 rings (SSSR count). The van der Waals surface area contributed by atoms with Gasteiger partial charge in [-0.25, -0.2) is 9.37 Å². The lowest BCUT2D eigenvalue weighted by Gasteiger charge is -2.11. The first-order valence-electron chi connectivity index (χ1n) is 6.82. The van der Waals surface area contributed by atoms with E-state index in [0.717, 1.165) is 6.07 Å². The minimum Gasteiger partial charge on any atom is -0.439 e. The number of ether oxygens (including phenoxy) is 1. The van der Waals surface area contributed by atoms with Gasteiger partial charge in [0.05, 0.1) is 4.47 Å². The van der Waals surface area contributed by atoms with Crippen LogP contribution in [0.3, 0.4) is 0 Å². The van der Waals surface area contributed by atoms with Crippen molar-refractivity contribution in [3.05, 3.63) is 64.8 Å². The number of nitrogens with zero attached hydrogens (tertiary/aromatic N) is 3. The highest BCUT2D eigenvalue weighted by molar-refractivity contribution is 9.10. The van der Waals surface area contributed by atoms with E-state index in [2.05, 4.69) is 30.9 Å². The molecule has 0 aliphatic carbocycles. The van der Waals surface area contributed by atoms with E-state index < -0.39 is 17.7 Å². The predicted molar refractivity (Wildman–Crippen MR) is 84.4 cm³/mol. The van der Waals surface area contributed by atoms with Crippen LogP contribution in [0.5, 0.6) is 11.6 Å². The van der Waals surface area contributed by atoms with Gasteiger partial charge >= 0.3 is 6.18 Å². The summed E-state index contributed by atoms with van der Waals surface area (Å²) in [6.45, 7) is 0. The number of halogens is 5. The number of pyridine rings is 1. The minimum atomic E-state index is -4.68. The van der Waals surface area contributed by atoms with Crippen molar-refractivity contribution in [1.29, 1.82) is 0 Å². The van der Waals surface area contributed by atoms with Crippen LogP contribution in [0.4, 0.5) is 17.6 Å². The van der Waals surface area contributed by atoms with Crippen LogP contribution >= 0.6 is 15.9 Å². The third kappa shape index (κ3) is 4.11. The van der Waals surface area contributed by atoms with Gasteiger partial charge in [-0.1, -0.05) is 0 Å². The molecule has 1 aromatic carbocycles. The van der Waals surface area contributed by atoms with E-state index in [0.29, 0.717) is 11.6 Å². The Labute approximate surface area is 147 Å². The fourth-order valence-electron chi connectivity index (χ4n) is 1.91. The van der Waals surface area contributed by atoms with Crippen molar-refractivity contribution in [2.45, 2.75) is 6.18 Å². The smallest absolute Gasteiger partial charge is 0.433 e. The van der Waals surface area contributed by atoms with Gasteiger partial charge < -0.3 is 4.74 Å². The topological polar surface area (TPSA) is 47.9 Å². The Morgan fingerprint density at radius 2 is 1.84 bits per heavy atom. The highest BCUT2D eigenvalue weighted by atomic mass is 79.9. The zero-order valence-corrected chi connectivity index (χ0v) is 13.8. The minimum absolute atomic E-state index is 0.114. The summed E-state index contributed by atoms with van der Waals surface area (Å²) >= 11 is 2.98. The van der Waals surface area contributed by atoms with E-state index in [4.69, 9.17) is 4.74 Å². The van der Waals surface area contributed by atoms with Gasteiger partial charge in [0.15, 0.2) is 11.5 Å². The quantitative estimate of drug-likeness (QED) is 0.550. The van der Waals surface area contributed by atoms with Crippen LogP contribution in [0, 0.1) is 5.82 Å². The second-order valence-electron chi connectivity index (χ2n) is 4.83. The van der Waals surface area contributed by atoms with Crippen molar-refractivity contribution in [2.24, 2.45) is 0 Å². The molecular formula is C16H8BrF4N3O. The van der Waals surface area contributed by atoms with Gasteiger partial charge in [-0.3, -0.25) is 4.98 Å². The molecule has 0 radical (unpaired) electrons. The molecule has 0 saturated carbocycles. The van der Waals surface area contributed by atoms with Crippen molar-refractivity contribution in [2.75, 3.05) is 0 Å². The van der Waals surface area contributed by atoms with E-state index in [1.807, 2.05) is 0 Å². The third-order valence-corrected chi connectivity index (χ3v) is 3.63. The summed E-state index contributed by atoms with van der Waals surface area (Å²) in [6.07, 6.45) is -1.86. The first kappa shape index (κ1) is 17.3. The molecule has 0 amide bonds. The van der Waals surface area contributed by atoms with Crippen LogP contribution < -0.4 is 4.74 Å². The lowest BCUT2D eigenvalue weighted by molar-refractivity contribution is -0.141. The SMILES string of the molecule is Fc1ccc(Oc2cc(C(F)(F)F)nc(-c3cccnc3)n2)cc1Br. The summed E-state index contributed by atoms with van der Waals surface area (Å²) in [5, 5.41) is 0. The van der Waals surface area contributed by atoms with E-state index in [1.54, 1.807) is 6.07 Å². The van der Waals surface area contributed by atoms with Crippen molar-refractivity contribution >= 4 is 15.9 Å². The summed E-state index contributed by atoms with van der Waals surface area (Å²) in [5.41, 5.74) is -0.851. The van der Waals surface area contributed by atoms with Crippen LogP contribution in [-0.4, -0.2) is 15.0 Å². The Kier molecular flexibility index (Phi) is 4.67. The molecule has 0 aliphatic rings.